The van der Waals surface area contributed by atoms with E-state index in [-0.39, 0.29) is 0 Å². The summed E-state index contributed by atoms with van der Waals surface area (Å²) < 4.78 is 0. The van der Waals surface area contributed by atoms with Gasteiger partial charge in [-0.3, -0.25) is 0 Å². The van der Waals surface area contributed by atoms with E-state index >= 15 is 0 Å². The molecule has 0 aromatic heterocycles. The summed E-state index contributed by atoms with van der Waals surface area (Å²) in [6.45, 7) is 9.89. The topological polar surface area (TPSA) is 12.0 Å². The minimum Gasteiger partial charge on any atom is -0.310 e. The van der Waals surface area contributed by atoms with Gasteiger partial charge in [-0.1, -0.05) is 50.9 Å². The van der Waals surface area contributed by atoms with Crippen LogP contribution in [0.2, 0.25) is 5.02 Å². The van der Waals surface area contributed by atoms with Crippen molar-refractivity contribution in [2.45, 2.75) is 53.0 Å². The van der Waals surface area contributed by atoms with Gasteiger partial charge in [0.25, 0.3) is 0 Å². The fraction of sp³-hybridized carbons (Fsp3) is 0.625. The average molecular weight is 268 g/mol. The molecule has 2 unspecified atom stereocenters. The number of aryl methyl sites for hydroxylation is 1. The number of benzene rings is 1. The van der Waals surface area contributed by atoms with Crippen molar-refractivity contribution in [2.75, 3.05) is 6.54 Å². The van der Waals surface area contributed by atoms with Crippen LogP contribution >= 0.6 is 11.6 Å². The molecule has 0 saturated heterocycles. The summed E-state index contributed by atoms with van der Waals surface area (Å²) in [6.07, 6.45) is 3.57. The normalized spacial score (nSPS) is 14.5. The Hall–Kier alpha value is -0.530. The van der Waals surface area contributed by atoms with Crippen LogP contribution in [0.3, 0.4) is 0 Å². The molecule has 0 aliphatic heterocycles. The van der Waals surface area contributed by atoms with Gasteiger partial charge in [0.05, 0.1) is 0 Å². The van der Waals surface area contributed by atoms with Gasteiger partial charge in [0.15, 0.2) is 0 Å². The molecule has 0 bridgehead atoms. The summed E-state index contributed by atoms with van der Waals surface area (Å²) in [6, 6.07) is 6.87. The molecule has 2 heteroatoms. The third kappa shape index (κ3) is 4.62. The molecule has 0 spiro atoms. The first kappa shape index (κ1) is 15.5. The van der Waals surface area contributed by atoms with Crippen molar-refractivity contribution in [1.82, 2.24) is 5.32 Å². The van der Waals surface area contributed by atoms with Crippen LogP contribution in [0.1, 0.15) is 57.2 Å². The molecule has 18 heavy (non-hydrogen) atoms. The molecule has 1 nitrogen and oxygen atoms in total. The van der Waals surface area contributed by atoms with E-state index in [0.29, 0.717) is 6.04 Å². The van der Waals surface area contributed by atoms with E-state index in [2.05, 4.69) is 51.2 Å². The molecule has 1 rings (SSSR count). The lowest BCUT2D eigenvalue weighted by Gasteiger charge is -2.22. The van der Waals surface area contributed by atoms with Crippen molar-refractivity contribution in [3.05, 3.63) is 34.3 Å². The molecule has 0 radical (unpaired) electrons. The largest absolute Gasteiger partial charge is 0.310 e. The molecule has 1 N–H and O–H groups in total. The molecule has 0 fully saturated rings. The van der Waals surface area contributed by atoms with E-state index in [4.69, 9.17) is 11.6 Å². The van der Waals surface area contributed by atoms with Crippen molar-refractivity contribution in [3.63, 3.8) is 0 Å². The summed E-state index contributed by atoms with van der Waals surface area (Å²) in [4.78, 5) is 0. The zero-order valence-electron chi connectivity index (χ0n) is 12.1. The Morgan fingerprint density at radius 3 is 2.56 bits per heavy atom. The van der Waals surface area contributed by atoms with Crippen LogP contribution in [0, 0.1) is 12.8 Å². The molecule has 2 atom stereocenters. The number of rotatable bonds is 7. The van der Waals surface area contributed by atoms with E-state index in [1.165, 1.54) is 18.4 Å². The molecule has 0 aliphatic rings. The summed E-state index contributed by atoms with van der Waals surface area (Å²) >= 11 is 6.23. The second-order valence-electron chi connectivity index (χ2n) is 5.26. The predicted octanol–water partition coefficient (Wildman–Crippen LogP) is 5.13. The van der Waals surface area contributed by atoms with Gasteiger partial charge < -0.3 is 5.32 Å². The van der Waals surface area contributed by atoms with E-state index in [1.807, 2.05) is 0 Å². The van der Waals surface area contributed by atoms with Crippen molar-refractivity contribution in [1.29, 1.82) is 0 Å². The maximum Gasteiger partial charge on any atom is 0.0438 e. The monoisotopic (exact) mass is 267 g/mol. The quantitative estimate of drug-likeness (QED) is 0.723. The summed E-state index contributed by atoms with van der Waals surface area (Å²) in [5.41, 5.74) is 2.47. The van der Waals surface area contributed by atoms with E-state index < -0.39 is 0 Å². The third-order valence-electron chi connectivity index (χ3n) is 3.57. The lowest BCUT2D eigenvalue weighted by atomic mass is 9.93. The van der Waals surface area contributed by atoms with Gasteiger partial charge in [-0.2, -0.15) is 0 Å². The van der Waals surface area contributed by atoms with Crippen molar-refractivity contribution in [2.24, 2.45) is 5.92 Å². The van der Waals surface area contributed by atoms with E-state index in [0.717, 1.165) is 29.5 Å². The summed E-state index contributed by atoms with van der Waals surface area (Å²) in [7, 11) is 0. The highest BCUT2D eigenvalue weighted by Crippen LogP contribution is 2.26. The SMILES string of the molecule is CCCNC(CC(C)CC)c1ccc(C)c(Cl)c1. The second-order valence-corrected chi connectivity index (χ2v) is 5.67. The lowest BCUT2D eigenvalue weighted by Crippen LogP contribution is -2.24. The molecule has 1 aromatic rings. The fourth-order valence-electron chi connectivity index (χ4n) is 2.05. The molecule has 0 saturated carbocycles. The number of hydrogen-bond acceptors (Lipinski definition) is 1. The minimum atomic E-state index is 0.429. The Bertz CT molecular complexity index is 362. The Balaban J connectivity index is 2.82. The zero-order chi connectivity index (χ0) is 13.5. The smallest absolute Gasteiger partial charge is 0.0438 e. The first-order valence-corrected chi connectivity index (χ1v) is 7.45. The molecule has 0 aliphatic carbocycles. The maximum atomic E-state index is 6.23. The second kappa shape index (κ2) is 7.81. The minimum absolute atomic E-state index is 0.429. The van der Waals surface area contributed by atoms with Crippen LogP contribution in [0.4, 0.5) is 0 Å². The van der Waals surface area contributed by atoms with E-state index in [1.54, 1.807) is 0 Å². The van der Waals surface area contributed by atoms with E-state index in [9.17, 15) is 0 Å². The number of nitrogens with one attached hydrogen (secondary N) is 1. The van der Waals surface area contributed by atoms with Crippen LogP contribution in [0.25, 0.3) is 0 Å². The van der Waals surface area contributed by atoms with Crippen LogP contribution in [-0.4, -0.2) is 6.54 Å². The predicted molar refractivity (Wildman–Crippen MR) is 81.3 cm³/mol. The highest BCUT2D eigenvalue weighted by atomic mass is 35.5. The van der Waals surface area contributed by atoms with Gasteiger partial charge in [0, 0.05) is 11.1 Å². The Morgan fingerprint density at radius 1 is 1.28 bits per heavy atom. The van der Waals surface area contributed by atoms with Crippen LogP contribution in [0.5, 0.6) is 0 Å². The molecular formula is C16H26ClN. The zero-order valence-corrected chi connectivity index (χ0v) is 12.8. The first-order chi connectivity index (χ1) is 8.58. The van der Waals surface area contributed by atoms with Crippen LogP contribution < -0.4 is 5.32 Å². The molecule has 1 aromatic carbocycles. The van der Waals surface area contributed by atoms with Gasteiger partial charge >= 0.3 is 0 Å². The molecular weight excluding hydrogens is 242 g/mol. The van der Waals surface area contributed by atoms with Crippen molar-refractivity contribution in [3.8, 4) is 0 Å². The van der Waals surface area contributed by atoms with Gasteiger partial charge in [-0.15, -0.1) is 0 Å². The van der Waals surface area contributed by atoms with Crippen LogP contribution in [-0.2, 0) is 0 Å². The van der Waals surface area contributed by atoms with Crippen LogP contribution in [0.15, 0.2) is 18.2 Å². The van der Waals surface area contributed by atoms with Crippen molar-refractivity contribution < 1.29 is 0 Å². The molecule has 0 amide bonds. The molecule has 0 heterocycles. The third-order valence-corrected chi connectivity index (χ3v) is 3.98. The number of halogens is 1. The average Bonchev–Trinajstić information content (AvgIpc) is 2.37. The summed E-state index contributed by atoms with van der Waals surface area (Å²) in [5.74, 6) is 0.736. The lowest BCUT2D eigenvalue weighted by molar-refractivity contribution is 0.402. The Morgan fingerprint density at radius 2 is 2.00 bits per heavy atom. The maximum absolute atomic E-state index is 6.23. The van der Waals surface area contributed by atoms with Gasteiger partial charge in [-0.25, -0.2) is 0 Å². The van der Waals surface area contributed by atoms with Gasteiger partial charge in [-0.05, 0) is 49.4 Å². The van der Waals surface area contributed by atoms with Gasteiger partial charge in [0.2, 0.25) is 0 Å². The number of hydrogen-bond donors (Lipinski definition) is 1. The Labute approximate surface area is 117 Å². The Kier molecular flexibility index (Phi) is 6.73. The highest BCUT2D eigenvalue weighted by Gasteiger charge is 2.14. The van der Waals surface area contributed by atoms with Crippen molar-refractivity contribution >= 4 is 11.6 Å². The van der Waals surface area contributed by atoms with Gasteiger partial charge in [0.1, 0.15) is 0 Å². The first-order valence-electron chi connectivity index (χ1n) is 7.07. The fourth-order valence-corrected chi connectivity index (χ4v) is 2.24. The standard InChI is InChI=1S/C16H26ClN/c1-5-9-18-16(10-12(3)6-2)14-8-7-13(4)15(17)11-14/h7-8,11-12,16,18H,5-6,9-10H2,1-4H3. The summed E-state index contributed by atoms with van der Waals surface area (Å²) in [5, 5.41) is 4.51. The highest BCUT2D eigenvalue weighted by molar-refractivity contribution is 6.31. The molecule has 102 valence electrons.